The number of carboxylic acids is 1. The first-order chi connectivity index (χ1) is 6.77. The van der Waals surface area contributed by atoms with Gasteiger partial charge >= 0.3 is 5.97 Å². The summed E-state index contributed by atoms with van der Waals surface area (Å²) in [4.78, 5) is 13.3. The number of aliphatic carboxylic acids is 1. The maximum absolute atomic E-state index is 10.8. The predicted octanol–water partition coefficient (Wildman–Crippen LogP) is 1.73. The van der Waals surface area contributed by atoms with E-state index < -0.39 is 5.97 Å². The standard InChI is InChI=1S/C11H19NO2/c13-11(14)9-3-5-10(6-4-9)12-7-1-2-8-12/h9-10H,1-8H2,(H,13,14)/t9-,10-. The molecule has 0 atom stereocenters. The summed E-state index contributed by atoms with van der Waals surface area (Å²) < 4.78 is 0. The summed E-state index contributed by atoms with van der Waals surface area (Å²) in [6.45, 7) is 2.48. The second-order valence-electron chi connectivity index (χ2n) is 4.59. The van der Waals surface area contributed by atoms with Gasteiger partial charge in [0, 0.05) is 6.04 Å². The highest BCUT2D eigenvalue weighted by Gasteiger charge is 2.29. The van der Waals surface area contributed by atoms with Crippen LogP contribution in [-0.4, -0.2) is 35.1 Å². The van der Waals surface area contributed by atoms with E-state index in [1.165, 1.54) is 25.9 Å². The van der Waals surface area contributed by atoms with Crippen LogP contribution in [0.4, 0.5) is 0 Å². The first-order valence-electron chi connectivity index (χ1n) is 5.74. The smallest absolute Gasteiger partial charge is 0.306 e. The van der Waals surface area contributed by atoms with Gasteiger partial charge in [-0.15, -0.1) is 0 Å². The number of likely N-dealkylation sites (tertiary alicyclic amines) is 1. The molecule has 14 heavy (non-hydrogen) atoms. The van der Waals surface area contributed by atoms with E-state index >= 15 is 0 Å². The van der Waals surface area contributed by atoms with Gasteiger partial charge in [-0.25, -0.2) is 0 Å². The molecule has 0 aromatic rings. The van der Waals surface area contributed by atoms with E-state index in [-0.39, 0.29) is 5.92 Å². The highest BCUT2D eigenvalue weighted by molar-refractivity contribution is 5.70. The zero-order valence-corrected chi connectivity index (χ0v) is 8.61. The molecule has 0 bridgehead atoms. The molecular formula is C11H19NO2. The fourth-order valence-electron chi connectivity index (χ4n) is 2.79. The zero-order valence-electron chi connectivity index (χ0n) is 8.61. The van der Waals surface area contributed by atoms with Crippen LogP contribution in [-0.2, 0) is 4.79 Å². The molecule has 1 N–H and O–H groups in total. The van der Waals surface area contributed by atoms with Gasteiger partial charge in [-0.1, -0.05) is 0 Å². The predicted molar refractivity (Wildman–Crippen MR) is 54.2 cm³/mol. The molecule has 2 aliphatic rings. The van der Waals surface area contributed by atoms with Crippen molar-refractivity contribution in [3.05, 3.63) is 0 Å². The van der Waals surface area contributed by atoms with E-state index in [9.17, 15) is 4.79 Å². The lowest BCUT2D eigenvalue weighted by Gasteiger charge is -2.33. The fourth-order valence-corrected chi connectivity index (χ4v) is 2.79. The minimum atomic E-state index is -0.593. The highest BCUT2D eigenvalue weighted by Crippen LogP contribution is 2.29. The quantitative estimate of drug-likeness (QED) is 0.733. The lowest BCUT2D eigenvalue weighted by molar-refractivity contribution is -0.143. The fraction of sp³-hybridized carbons (Fsp3) is 0.909. The summed E-state index contributed by atoms with van der Waals surface area (Å²) >= 11 is 0. The topological polar surface area (TPSA) is 40.5 Å². The average molecular weight is 197 g/mol. The van der Waals surface area contributed by atoms with Crippen LogP contribution in [0.3, 0.4) is 0 Å². The van der Waals surface area contributed by atoms with Gasteiger partial charge in [0.25, 0.3) is 0 Å². The molecule has 0 unspecified atom stereocenters. The van der Waals surface area contributed by atoms with Crippen LogP contribution >= 0.6 is 0 Å². The van der Waals surface area contributed by atoms with Gasteiger partial charge in [-0.3, -0.25) is 4.79 Å². The molecule has 1 heterocycles. The van der Waals surface area contributed by atoms with Gasteiger partial charge in [-0.2, -0.15) is 0 Å². The minimum absolute atomic E-state index is 0.0612. The molecule has 80 valence electrons. The van der Waals surface area contributed by atoms with E-state index in [0.29, 0.717) is 6.04 Å². The van der Waals surface area contributed by atoms with E-state index in [1.54, 1.807) is 0 Å². The molecule has 0 aromatic carbocycles. The molecule has 3 heteroatoms. The molecule has 0 amide bonds. The first-order valence-corrected chi connectivity index (χ1v) is 5.74. The molecule has 0 aromatic heterocycles. The van der Waals surface area contributed by atoms with Crippen molar-refractivity contribution < 1.29 is 9.90 Å². The Morgan fingerprint density at radius 2 is 1.64 bits per heavy atom. The van der Waals surface area contributed by atoms with Gasteiger partial charge < -0.3 is 10.0 Å². The second kappa shape index (κ2) is 4.30. The number of hydrogen-bond acceptors (Lipinski definition) is 2. The summed E-state index contributed by atoms with van der Waals surface area (Å²) in [7, 11) is 0. The minimum Gasteiger partial charge on any atom is -0.481 e. The van der Waals surface area contributed by atoms with Crippen LogP contribution in [0.15, 0.2) is 0 Å². The van der Waals surface area contributed by atoms with Crippen LogP contribution in [0.1, 0.15) is 38.5 Å². The summed E-state index contributed by atoms with van der Waals surface area (Å²) in [5.74, 6) is -0.654. The molecule has 1 aliphatic heterocycles. The molecule has 1 saturated carbocycles. The van der Waals surface area contributed by atoms with Crippen LogP contribution in [0.25, 0.3) is 0 Å². The summed E-state index contributed by atoms with van der Waals surface area (Å²) in [5, 5.41) is 8.88. The maximum atomic E-state index is 10.8. The Kier molecular flexibility index (Phi) is 3.06. The van der Waals surface area contributed by atoms with Crippen molar-refractivity contribution in [1.29, 1.82) is 0 Å². The van der Waals surface area contributed by atoms with Crippen molar-refractivity contribution in [2.24, 2.45) is 5.92 Å². The molecule has 2 fully saturated rings. The van der Waals surface area contributed by atoms with Crippen molar-refractivity contribution in [1.82, 2.24) is 4.90 Å². The Balaban J connectivity index is 1.80. The molecule has 2 rings (SSSR count). The van der Waals surface area contributed by atoms with Crippen molar-refractivity contribution in [2.75, 3.05) is 13.1 Å². The number of nitrogens with zero attached hydrogens (tertiary/aromatic N) is 1. The molecular weight excluding hydrogens is 178 g/mol. The Hall–Kier alpha value is -0.570. The lowest BCUT2D eigenvalue weighted by Crippen LogP contribution is -2.37. The highest BCUT2D eigenvalue weighted by atomic mass is 16.4. The van der Waals surface area contributed by atoms with E-state index in [2.05, 4.69) is 4.90 Å². The molecule has 3 nitrogen and oxygen atoms in total. The first kappa shape index (κ1) is 9.97. The van der Waals surface area contributed by atoms with Gasteiger partial charge in [0.2, 0.25) is 0 Å². The largest absolute Gasteiger partial charge is 0.481 e. The van der Waals surface area contributed by atoms with Crippen molar-refractivity contribution in [2.45, 2.75) is 44.6 Å². The summed E-state index contributed by atoms with van der Waals surface area (Å²) in [5.41, 5.74) is 0. The SMILES string of the molecule is O=C(O)[C@H]1CC[C@H](N2CCCC2)CC1. The van der Waals surface area contributed by atoms with E-state index in [4.69, 9.17) is 5.11 Å². The number of carboxylic acid groups (broad SMARTS) is 1. The van der Waals surface area contributed by atoms with Gasteiger partial charge in [0.1, 0.15) is 0 Å². The Labute approximate surface area is 85.1 Å². The number of rotatable bonds is 2. The van der Waals surface area contributed by atoms with E-state index in [1.807, 2.05) is 0 Å². The second-order valence-corrected chi connectivity index (χ2v) is 4.59. The molecule has 1 saturated heterocycles. The number of hydrogen-bond donors (Lipinski definition) is 1. The molecule has 0 radical (unpaired) electrons. The third-order valence-electron chi connectivity index (χ3n) is 3.70. The monoisotopic (exact) mass is 197 g/mol. The van der Waals surface area contributed by atoms with Gasteiger partial charge in [0.15, 0.2) is 0 Å². The number of carbonyl (C=O) groups is 1. The lowest BCUT2D eigenvalue weighted by atomic mass is 9.85. The van der Waals surface area contributed by atoms with Crippen LogP contribution in [0, 0.1) is 5.92 Å². The van der Waals surface area contributed by atoms with Crippen LogP contribution in [0.2, 0.25) is 0 Å². The Morgan fingerprint density at radius 3 is 2.14 bits per heavy atom. The van der Waals surface area contributed by atoms with Crippen LogP contribution < -0.4 is 0 Å². The zero-order chi connectivity index (χ0) is 9.97. The Morgan fingerprint density at radius 1 is 1.07 bits per heavy atom. The maximum Gasteiger partial charge on any atom is 0.306 e. The van der Waals surface area contributed by atoms with E-state index in [0.717, 1.165) is 25.7 Å². The van der Waals surface area contributed by atoms with Crippen molar-refractivity contribution in [3.8, 4) is 0 Å². The summed E-state index contributed by atoms with van der Waals surface area (Å²) in [6.07, 6.45) is 6.62. The normalized spacial score (nSPS) is 34.6. The van der Waals surface area contributed by atoms with Gasteiger partial charge in [0.05, 0.1) is 5.92 Å². The van der Waals surface area contributed by atoms with Gasteiger partial charge in [-0.05, 0) is 51.6 Å². The van der Waals surface area contributed by atoms with Crippen LogP contribution in [0.5, 0.6) is 0 Å². The van der Waals surface area contributed by atoms with Crippen molar-refractivity contribution in [3.63, 3.8) is 0 Å². The molecule has 0 spiro atoms. The third-order valence-corrected chi connectivity index (χ3v) is 3.70. The third kappa shape index (κ3) is 2.08. The Bertz CT molecular complexity index is 203. The average Bonchev–Trinajstić information content (AvgIpc) is 2.71. The summed E-state index contributed by atoms with van der Waals surface area (Å²) in [6, 6.07) is 0.688. The van der Waals surface area contributed by atoms with Crippen molar-refractivity contribution >= 4 is 5.97 Å². The molecule has 1 aliphatic carbocycles.